The summed E-state index contributed by atoms with van der Waals surface area (Å²) in [5, 5.41) is 4.92. The first kappa shape index (κ1) is 29.7. The van der Waals surface area contributed by atoms with Gasteiger partial charge in [0.2, 0.25) is 0 Å². The Morgan fingerprint density at radius 2 is 0.900 bits per heavy atom. The number of nitrogens with zero attached hydrogens (tertiary/aromatic N) is 3. The van der Waals surface area contributed by atoms with Gasteiger partial charge in [0.15, 0.2) is 17.5 Å². The monoisotopic (exact) mass is 639 g/mol. The summed E-state index contributed by atoms with van der Waals surface area (Å²) in [6, 6.07) is 56.0. The molecular weight excluding hydrogens is 607 g/mol. The third kappa shape index (κ3) is 5.39. The molecule has 0 radical (unpaired) electrons. The highest BCUT2D eigenvalue weighted by Gasteiger charge is 2.20. The van der Waals surface area contributed by atoms with Crippen LogP contribution in [0.3, 0.4) is 0 Å². The molecule has 1 aliphatic rings. The van der Waals surface area contributed by atoms with E-state index < -0.39 is 0 Å². The summed E-state index contributed by atoms with van der Waals surface area (Å²) in [6.45, 7) is 0. The van der Waals surface area contributed by atoms with Crippen LogP contribution in [0.25, 0.3) is 83.3 Å². The van der Waals surface area contributed by atoms with E-state index in [1.54, 1.807) is 0 Å². The fraction of sp³-hybridized carbons (Fsp3) is 0.0426. The third-order valence-corrected chi connectivity index (χ3v) is 9.53. The van der Waals surface area contributed by atoms with Gasteiger partial charge < -0.3 is 0 Å². The summed E-state index contributed by atoms with van der Waals surface area (Å²) >= 11 is 0. The van der Waals surface area contributed by atoms with Crippen LogP contribution in [0.2, 0.25) is 0 Å². The van der Waals surface area contributed by atoms with E-state index in [2.05, 4.69) is 158 Å². The van der Waals surface area contributed by atoms with Crippen molar-refractivity contribution in [1.29, 1.82) is 0 Å². The van der Waals surface area contributed by atoms with Gasteiger partial charge >= 0.3 is 0 Å². The fourth-order valence-corrected chi connectivity index (χ4v) is 7.24. The molecule has 0 spiro atoms. The van der Waals surface area contributed by atoms with E-state index in [1.165, 1.54) is 49.4 Å². The zero-order valence-corrected chi connectivity index (χ0v) is 27.5. The van der Waals surface area contributed by atoms with Gasteiger partial charge in [-0.3, -0.25) is 0 Å². The maximum absolute atomic E-state index is 5.06. The second-order valence-electron chi connectivity index (χ2n) is 12.6. The average Bonchev–Trinajstić information content (AvgIpc) is 3.21. The number of hydrogen-bond donors (Lipinski definition) is 0. The quantitative estimate of drug-likeness (QED) is 0.170. The molecule has 50 heavy (non-hydrogen) atoms. The summed E-state index contributed by atoms with van der Waals surface area (Å²) in [5.41, 5.74) is 10.2. The van der Waals surface area contributed by atoms with Crippen LogP contribution in [0.5, 0.6) is 0 Å². The molecule has 0 aliphatic heterocycles. The first-order valence-electron chi connectivity index (χ1n) is 17.2. The normalized spacial score (nSPS) is 12.7. The lowest BCUT2D eigenvalue weighted by Crippen LogP contribution is -2.03. The SMILES string of the molecule is C1=CC(c2nc(-c3ccccc3)nc(-c3cccc(-c4cccc5c(-c6ccccc6)c(-c6ccccc6)c6ccccc6c45)c3)n2)=CCC1. The molecule has 3 nitrogen and oxygen atoms in total. The van der Waals surface area contributed by atoms with Crippen LogP contribution in [0.15, 0.2) is 176 Å². The summed E-state index contributed by atoms with van der Waals surface area (Å²) in [6.07, 6.45) is 8.56. The third-order valence-electron chi connectivity index (χ3n) is 9.53. The molecule has 0 N–H and O–H groups in total. The van der Waals surface area contributed by atoms with Crippen molar-refractivity contribution in [2.45, 2.75) is 12.8 Å². The first-order valence-corrected chi connectivity index (χ1v) is 17.2. The maximum Gasteiger partial charge on any atom is 0.164 e. The zero-order valence-electron chi connectivity index (χ0n) is 27.5. The van der Waals surface area contributed by atoms with Gasteiger partial charge in [0.25, 0.3) is 0 Å². The number of allylic oxidation sites excluding steroid dienone is 4. The Morgan fingerprint density at radius 1 is 0.380 bits per heavy atom. The molecule has 7 aromatic carbocycles. The second kappa shape index (κ2) is 12.9. The van der Waals surface area contributed by atoms with Crippen LogP contribution in [0.4, 0.5) is 0 Å². The second-order valence-corrected chi connectivity index (χ2v) is 12.6. The van der Waals surface area contributed by atoms with Crippen LogP contribution in [0, 0.1) is 0 Å². The lowest BCUT2D eigenvalue weighted by molar-refractivity contribution is 1.01. The molecular formula is C47H33N3. The molecule has 0 bridgehead atoms. The van der Waals surface area contributed by atoms with E-state index in [-0.39, 0.29) is 0 Å². The topological polar surface area (TPSA) is 38.7 Å². The Balaban J connectivity index is 1.29. The van der Waals surface area contributed by atoms with Gasteiger partial charge in [-0.25, -0.2) is 15.0 Å². The van der Waals surface area contributed by atoms with E-state index in [1.807, 2.05) is 18.2 Å². The lowest BCUT2D eigenvalue weighted by Gasteiger charge is -2.20. The molecule has 0 unspecified atom stereocenters. The van der Waals surface area contributed by atoms with Crippen molar-refractivity contribution in [3.05, 3.63) is 182 Å². The van der Waals surface area contributed by atoms with Crippen molar-refractivity contribution in [3.8, 4) is 56.2 Å². The highest BCUT2D eigenvalue weighted by atomic mass is 15.0. The standard InChI is InChI=1S/C47H33N3/c1-5-17-32(18-6-1)42-39-27-13-14-28-40(39)44-38(29-16-30-41(44)43(42)33-19-7-2-8-20-33)36-25-15-26-37(31-36)47-49-45(34-21-9-3-10-22-34)48-46(50-47)35-23-11-4-12-24-35/h1-3,5-11,13-31H,4,12H2. The maximum atomic E-state index is 5.06. The summed E-state index contributed by atoms with van der Waals surface area (Å²) in [7, 11) is 0. The van der Waals surface area contributed by atoms with E-state index >= 15 is 0 Å². The molecule has 1 aromatic heterocycles. The van der Waals surface area contributed by atoms with Gasteiger partial charge in [0.1, 0.15) is 0 Å². The van der Waals surface area contributed by atoms with E-state index in [9.17, 15) is 0 Å². The molecule has 0 saturated carbocycles. The highest BCUT2D eigenvalue weighted by Crippen LogP contribution is 2.47. The zero-order chi connectivity index (χ0) is 33.3. The van der Waals surface area contributed by atoms with Crippen molar-refractivity contribution in [2.24, 2.45) is 0 Å². The molecule has 236 valence electrons. The Bertz CT molecular complexity index is 2570. The molecule has 0 fully saturated rings. The summed E-state index contributed by atoms with van der Waals surface area (Å²) < 4.78 is 0. The van der Waals surface area contributed by atoms with Crippen molar-refractivity contribution in [2.75, 3.05) is 0 Å². The Kier molecular flexibility index (Phi) is 7.64. The van der Waals surface area contributed by atoms with Crippen LogP contribution in [-0.2, 0) is 0 Å². The molecule has 0 saturated heterocycles. The highest BCUT2D eigenvalue weighted by molar-refractivity contribution is 6.25. The molecule has 0 atom stereocenters. The Morgan fingerprint density at radius 3 is 1.58 bits per heavy atom. The van der Waals surface area contributed by atoms with Gasteiger partial charge in [0.05, 0.1) is 0 Å². The molecule has 3 heteroatoms. The first-order chi connectivity index (χ1) is 24.8. The fourth-order valence-electron chi connectivity index (χ4n) is 7.24. The molecule has 9 rings (SSSR count). The molecule has 1 aliphatic carbocycles. The lowest BCUT2D eigenvalue weighted by atomic mass is 9.83. The van der Waals surface area contributed by atoms with Crippen LogP contribution in [-0.4, -0.2) is 15.0 Å². The van der Waals surface area contributed by atoms with Crippen LogP contribution >= 0.6 is 0 Å². The number of rotatable bonds is 6. The number of fused-ring (bicyclic) bond motifs is 3. The number of aromatic nitrogens is 3. The van der Waals surface area contributed by atoms with Crippen molar-refractivity contribution >= 4 is 27.1 Å². The van der Waals surface area contributed by atoms with Gasteiger partial charge in [-0.1, -0.05) is 170 Å². The van der Waals surface area contributed by atoms with Crippen LogP contribution < -0.4 is 0 Å². The number of hydrogen-bond acceptors (Lipinski definition) is 3. The van der Waals surface area contributed by atoms with Gasteiger partial charge in [-0.15, -0.1) is 0 Å². The summed E-state index contributed by atoms with van der Waals surface area (Å²) in [4.78, 5) is 15.0. The largest absolute Gasteiger partial charge is 0.208 e. The molecule has 8 aromatic rings. The Labute approximate surface area is 292 Å². The van der Waals surface area contributed by atoms with E-state index in [0.717, 1.165) is 35.1 Å². The van der Waals surface area contributed by atoms with E-state index in [4.69, 9.17) is 15.0 Å². The van der Waals surface area contributed by atoms with E-state index in [0.29, 0.717) is 17.5 Å². The smallest absolute Gasteiger partial charge is 0.164 e. The van der Waals surface area contributed by atoms with Crippen molar-refractivity contribution < 1.29 is 0 Å². The number of benzene rings is 7. The minimum absolute atomic E-state index is 0.664. The predicted molar refractivity (Wildman–Crippen MR) is 208 cm³/mol. The minimum Gasteiger partial charge on any atom is -0.208 e. The molecule has 0 amide bonds. The minimum atomic E-state index is 0.664. The van der Waals surface area contributed by atoms with Crippen LogP contribution in [0.1, 0.15) is 18.7 Å². The average molecular weight is 640 g/mol. The predicted octanol–water partition coefficient (Wildman–Crippen LogP) is 12.2. The van der Waals surface area contributed by atoms with Gasteiger partial charge in [0, 0.05) is 16.7 Å². The van der Waals surface area contributed by atoms with Gasteiger partial charge in [-0.2, -0.15) is 0 Å². The van der Waals surface area contributed by atoms with Crippen molar-refractivity contribution in [1.82, 2.24) is 15.0 Å². The van der Waals surface area contributed by atoms with Gasteiger partial charge in [-0.05, 0) is 73.8 Å². The Hall–Kier alpha value is -6.45. The molecule has 1 heterocycles. The summed E-state index contributed by atoms with van der Waals surface area (Å²) in [5.74, 6) is 2.04. The van der Waals surface area contributed by atoms with Crippen molar-refractivity contribution in [3.63, 3.8) is 0 Å².